The van der Waals surface area contributed by atoms with E-state index in [0.717, 1.165) is 18.9 Å². The van der Waals surface area contributed by atoms with Gasteiger partial charge in [-0.2, -0.15) is 0 Å². The summed E-state index contributed by atoms with van der Waals surface area (Å²) in [5.74, 6) is 1.57. The summed E-state index contributed by atoms with van der Waals surface area (Å²) in [5, 5.41) is 1.49. The minimum absolute atomic E-state index is 0.334. The first-order valence-electron chi connectivity index (χ1n) is 8.38. The van der Waals surface area contributed by atoms with Crippen LogP contribution in [0.1, 0.15) is 36.3 Å². The lowest BCUT2D eigenvalue weighted by atomic mass is 9.74. The second-order valence-corrected chi connectivity index (χ2v) is 7.35. The van der Waals surface area contributed by atoms with Crippen molar-refractivity contribution in [1.29, 1.82) is 0 Å². The first-order valence-corrected chi connectivity index (χ1v) is 8.38. The van der Waals surface area contributed by atoms with Crippen LogP contribution in [-0.4, -0.2) is 35.1 Å². The van der Waals surface area contributed by atoms with Crippen molar-refractivity contribution < 1.29 is 0 Å². The van der Waals surface area contributed by atoms with Crippen molar-refractivity contribution in [3.8, 4) is 0 Å². The van der Waals surface area contributed by atoms with Gasteiger partial charge >= 0.3 is 0 Å². The van der Waals surface area contributed by atoms with E-state index in [4.69, 9.17) is 5.73 Å². The molecule has 3 aliphatic rings. The summed E-state index contributed by atoms with van der Waals surface area (Å²) < 4.78 is 0. The number of nitrogens with two attached hydrogens (primary N) is 1. The number of nitrogens with one attached hydrogen (secondary N) is 1. The van der Waals surface area contributed by atoms with E-state index < -0.39 is 0 Å². The molecule has 21 heavy (non-hydrogen) atoms. The third-order valence-corrected chi connectivity index (χ3v) is 5.80. The van der Waals surface area contributed by atoms with Crippen LogP contribution < -0.4 is 5.73 Å². The third-order valence-electron chi connectivity index (χ3n) is 5.80. The average molecular weight is 281 g/mol. The zero-order valence-corrected chi connectivity index (χ0v) is 12.4. The predicted molar refractivity (Wildman–Crippen MR) is 85.4 cm³/mol. The molecule has 3 heteroatoms. The summed E-state index contributed by atoms with van der Waals surface area (Å²) in [6.07, 6.45) is 7.42. The Morgan fingerprint density at radius 1 is 1.29 bits per heavy atom. The van der Waals surface area contributed by atoms with Crippen LogP contribution in [-0.2, 0) is 6.42 Å². The molecule has 3 N–H and O–H groups in total. The van der Waals surface area contributed by atoms with Gasteiger partial charge in [-0.3, -0.25) is 4.90 Å². The van der Waals surface area contributed by atoms with Gasteiger partial charge in [0.05, 0.1) is 0 Å². The van der Waals surface area contributed by atoms with Gasteiger partial charge in [-0.1, -0.05) is 12.1 Å². The van der Waals surface area contributed by atoms with Gasteiger partial charge in [0.1, 0.15) is 0 Å². The smallest absolute Gasteiger partial charge is 0.0459 e. The second-order valence-electron chi connectivity index (χ2n) is 7.35. The van der Waals surface area contributed by atoms with Gasteiger partial charge in [-0.05, 0) is 48.8 Å². The average Bonchev–Trinajstić information content (AvgIpc) is 3.20. The molecule has 1 aromatic carbocycles. The van der Waals surface area contributed by atoms with E-state index in [1.54, 1.807) is 0 Å². The minimum Gasteiger partial charge on any atom is -0.361 e. The Hall–Kier alpha value is -1.32. The molecule has 1 unspecified atom stereocenters. The van der Waals surface area contributed by atoms with E-state index in [1.807, 2.05) is 0 Å². The molecule has 2 heterocycles. The number of nitrogens with zero attached hydrogens (tertiary/aromatic N) is 1. The normalized spacial score (nSPS) is 32.3. The van der Waals surface area contributed by atoms with Gasteiger partial charge in [-0.15, -0.1) is 0 Å². The highest BCUT2D eigenvalue weighted by atomic mass is 15.2. The molecule has 0 radical (unpaired) electrons. The maximum atomic E-state index is 6.40. The summed E-state index contributed by atoms with van der Waals surface area (Å²) in [4.78, 5) is 6.17. The maximum absolute atomic E-state index is 6.40. The van der Waals surface area contributed by atoms with Gasteiger partial charge in [0.25, 0.3) is 0 Å². The standard InChI is InChI=1S/C18H23N3/c19-13-7-15-14-2-1-3-16-18(14)12(8-20-16)6-17(15)21(10-13)9-11-4-5-11/h1-3,8,11,13,15,17,20H,4-7,9-10,19H2/t13?,15-,17-/m1/s1. The number of H-pyrrole nitrogens is 1. The van der Waals surface area contributed by atoms with Crippen LogP contribution in [0.15, 0.2) is 24.4 Å². The maximum Gasteiger partial charge on any atom is 0.0459 e. The van der Waals surface area contributed by atoms with Gasteiger partial charge in [0.2, 0.25) is 0 Å². The highest BCUT2D eigenvalue weighted by Crippen LogP contribution is 2.44. The monoisotopic (exact) mass is 281 g/mol. The topological polar surface area (TPSA) is 45.1 Å². The largest absolute Gasteiger partial charge is 0.361 e. The van der Waals surface area contributed by atoms with Crippen LogP contribution in [0.25, 0.3) is 10.9 Å². The van der Waals surface area contributed by atoms with E-state index in [0.29, 0.717) is 18.0 Å². The number of fused-ring (bicyclic) bond motifs is 2. The van der Waals surface area contributed by atoms with Crippen LogP contribution in [0.5, 0.6) is 0 Å². The molecule has 110 valence electrons. The summed E-state index contributed by atoms with van der Waals surface area (Å²) in [7, 11) is 0. The van der Waals surface area contributed by atoms with Gasteiger partial charge in [0.15, 0.2) is 0 Å². The Bertz CT molecular complexity index is 683. The van der Waals surface area contributed by atoms with Gasteiger partial charge in [0, 0.05) is 48.2 Å². The first-order chi connectivity index (χ1) is 10.3. The van der Waals surface area contributed by atoms with Crippen molar-refractivity contribution in [1.82, 2.24) is 9.88 Å². The zero-order valence-electron chi connectivity index (χ0n) is 12.4. The Morgan fingerprint density at radius 3 is 3.05 bits per heavy atom. The highest BCUT2D eigenvalue weighted by molar-refractivity contribution is 5.88. The summed E-state index contributed by atoms with van der Waals surface area (Å²) in [6.45, 7) is 2.36. The Morgan fingerprint density at radius 2 is 2.19 bits per heavy atom. The van der Waals surface area contributed by atoms with Crippen molar-refractivity contribution in [3.63, 3.8) is 0 Å². The number of benzene rings is 1. The molecule has 0 spiro atoms. The molecular formula is C18H23N3. The van der Waals surface area contributed by atoms with Gasteiger partial charge in [-0.25, -0.2) is 0 Å². The second kappa shape index (κ2) is 4.34. The first kappa shape index (κ1) is 12.2. The molecule has 1 aliphatic heterocycles. The molecule has 2 aromatic rings. The quantitative estimate of drug-likeness (QED) is 0.889. The number of rotatable bonds is 2. The Labute approximate surface area is 125 Å². The van der Waals surface area contributed by atoms with Crippen LogP contribution in [0.2, 0.25) is 0 Å². The number of aromatic nitrogens is 1. The molecule has 3 nitrogen and oxygen atoms in total. The van der Waals surface area contributed by atoms with Crippen LogP contribution >= 0.6 is 0 Å². The van der Waals surface area contributed by atoms with Crippen molar-refractivity contribution in [2.24, 2.45) is 11.7 Å². The lowest BCUT2D eigenvalue weighted by Gasteiger charge is -2.46. The summed E-state index contributed by atoms with van der Waals surface area (Å²) in [6, 6.07) is 7.74. The number of piperidine rings is 1. The van der Waals surface area contributed by atoms with Crippen LogP contribution in [0, 0.1) is 5.92 Å². The van der Waals surface area contributed by atoms with E-state index in [-0.39, 0.29) is 0 Å². The van der Waals surface area contributed by atoms with Crippen LogP contribution in [0.4, 0.5) is 0 Å². The number of hydrogen-bond acceptors (Lipinski definition) is 2. The summed E-state index contributed by atoms with van der Waals surface area (Å²) in [5.41, 5.74) is 10.8. The number of hydrogen-bond donors (Lipinski definition) is 2. The van der Waals surface area contributed by atoms with E-state index in [1.165, 1.54) is 47.8 Å². The SMILES string of the molecule is NC1C[C@@H]2c3cccc4[nH]cc(c34)C[C@H]2N(CC2CC2)C1. The predicted octanol–water partition coefficient (Wildman–Crippen LogP) is 2.62. The van der Waals surface area contributed by atoms with E-state index in [2.05, 4.69) is 34.3 Å². The van der Waals surface area contributed by atoms with Crippen molar-refractivity contribution in [2.75, 3.05) is 13.1 Å². The Balaban J connectivity index is 1.59. The molecule has 5 rings (SSSR count). The molecule has 1 aromatic heterocycles. The zero-order chi connectivity index (χ0) is 14.0. The molecule has 3 atom stereocenters. The van der Waals surface area contributed by atoms with Crippen molar-refractivity contribution >= 4 is 10.9 Å². The minimum atomic E-state index is 0.334. The molecular weight excluding hydrogens is 258 g/mol. The van der Waals surface area contributed by atoms with Crippen molar-refractivity contribution in [3.05, 3.63) is 35.5 Å². The van der Waals surface area contributed by atoms with Gasteiger partial charge < -0.3 is 10.7 Å². The highest BCUT2D eigenvalue weighted by Gasteiger charge is 2.41. The number of likely N-dealkylation sites (tertiary alicyclic amines) is 1. The molecule has 2 aliphatic carbocycles. The number of aromatic amines is 1. The van der Waals surface area contributed by atoms with E-state index >= 15 is 0 Å². The lowest BCUT2D eigenvalue weighted by molar-refractivity contribution is 0.105. The fourth-order valence-electron chi connectivity index (χ4n) is 4.68. The lowest BCUT2D eigenvalue weighted by Crippen LogP contribution is -2.54. The molecule has 0 bridgehead atoms. The fourth-order valence-corrected chi connectivity index (χ4v) is 4.68. The molecule has 0 amide bonds. The van der Waals surface area contributed by atoms with Crippen LogP contribution in [0.3, 0.4) is 0 Å². The third kappa shape index (κ3) is 1.87. The fraction of sp³-hybridized carbons (Fsp3) is 0.556. The van der Waals surface area contributed by atoms with Crippen molar-refractivity contribution in [2.45, 2.75) is 43.7 Å². The summed E-state index contributed by atoms with van der Waals surface area (Å²) >= 11 is 0. The van der Waals surface area contributed by atoms with E-state index in [9.17, 15) is 0 Å². The Kier molecular flexibility index (Phi) is 2.53. The molecule has 1 saturated carbocycles. The molecule has 1 saturated heterocycles. The molecule has 2 fully saturated rings.